The Morgan fingerprint density at radius 2 is 2.00 bits per heavy atom. The molecule has 3 nitrogen and oxygen atoms in total. The van der Waals surface area contributed by atoms with E-state index in [1.165, 1.54) is 0 Å². The third-order valence-corrected chi connectivity index (χ3v) is 2.71. The van der Waals surface area contributed by atoms with E-state index in [4.69, 9.17) is 5.11 Å². The zero-order chi connectivity index (χ0) is 12.7. The van der Waals surface area contributed by atoms with E-state index in [0.717, 1.165) is 18.5 Å². The minimum Gasteiger partial charge on any atom is -0.481 e. The lowest BCUT2D eigenvalue weighted by Crippen LogP contribution is -2.21. The lowest BCUT2D eigenvalue weighted by Gasteiger charge is -2.11. The Balaban J connectivity index is 2.80. The first kappa shape index (κ1) is 13.4. The fourth-order valence-corrected chi connectivity index (χ4v) is 1.70. The van der Waals surface area contributed by atoms with Crippen LogP contribution in [0.15, 0.2) is 35.3 Å². The van der Waals surface area contributed by atoms with Crippen LogP contribution < -0.4 is 0 Å². The summed E-state index contributed by atoms with van der Waals surface area (Å²) < 4.78 is 0. The number of aliphatic imine (C=N–C) groups is 1. The van der Waals surface area contributed by atoms with Gasteiger partial charge in [0, 0.05) is 5.71 Å². The van der Waals surface area contributed by atoms with Crippen LogP contribution in [0, 0.1) is 5.92 Å². The topological polar surface area (TPSA) is 49.7 Å². The number of unbranched alkanes of at least 4 members (excludes halogenated alkanes) is 1. The monoisotopic (exact) mass is 233 g/mol. The van der Waals surface area contributed by atoms with Gasteiger partial charge in [0.25, 0.3) is 0 Å². The van der Waals surface area contributed by atoms with Crippen molar-refractivity contribution in [2.24, 2.45) is 10.9 Å². The Hall–Kier alpha value is -1.64. The molecular formula is C14H19NO2. The third kappa shape index (κ3) is 4.39. The largest absolute Gasteiger partial charge is 0.481 e. The maximum absolute atomic E-state index is 11.2. The predicted molar refractivity (Wildman–Crippen MR) is 69.9 cm³/mol. The van der Waals surface area contributed by atoms with Gasteiger partial charge in [-0.25, -0.2) is 0 Å². The van der Waals surface area contributed by atoms with Crippen molar-refractivity contribution in [3.8, 4) is 0 Å². The lowest BCUT2D eigenvalue weighted by atomic mass is 9.97. The SMILES string of the molecule is CCCCC(C(=O)O)/C(C)=N\c1ccccc1. The van der Waals surface area contributed by atoms with Crippen molar-refractivity contribution in [3.05, 3.63) is 30.3 Å². The van der Waals surface area contributed by atoms with Gasteiger partial charge in [-0.2, -0.15) is 0 Å². The van der Waals surface area contributed by atoms with Crippen LogP contribution in [0.5, 0.6) is 0 Å². The fourth-order valence-electron chi connectivity index (χ4n) is 1.70. The maximum atomic E-state index is 11.2. The van der Waals surface area contributed by atoms with Gasteiger partial charge in [-0.1, -0.05) is 38.0 Å². The van der Waals surface area contributed by atoms with Crippen molar-refractivity contribution >= 4 is 17.4 Å². The minimum atomic E-state index is -0.782. The Morgan fingerprint density at radius 1 is 1.35 bits per heavy atom. The first-order valence-electron chi connectivity index (χ1n) is 5.98. The van der Waals surface area contributed by atoms with Crippen LogP contribution in [0.3, 0.4) is 0 Å². The number of rotatable bonds is 6. The molecule has 0 aromatic heterocycles. The van der Waals surface area contributed by atoms with Gasteiger partial charge in [0.05, 0.1) is 11.6 Å². The highest BCUT2D eigenvalue weighted by Crippen LogP contribution is 2.16. The summed E-state index contributed by atoms with van der Waals surface area (Å²) in [6, 6.07) is 9.46. The van der Waals surface area contributed by atoms with Gasteiger partial charge in [-0.3, -0.25) is 9.79 Å². The van der Waals surface area contributed by atoms with E-state index in [1.54, 1.807) is 6.92 Å². The minimum absolute atomic E-state index is 0.463. The van der Waals surface area contributed by atoms with Crippen molar-refractivity contribution in [2.45, 2.75) is 33.1 Å². The Kier molecular flexibility index (Phi) is 5.40. The van der Waals surface area contributed by atoms with Crippen LogP contribution >= 0.6 is 0 Å². The van der Waals surface area contributed by atoms with Crippen molar-refractivity contribution in [1.29, 1.82) is 0 Å². The van der Waals surface area contributed by atoms with Crippen molar-refractivity contribution in [3.63, 3.8) is 0 Å². The highest BCUT2D eigenvalue weighted by Gasteiger charge is 2.19. The molecule has 1 unspecified atom stereocenters. The molecule has 3 heteroatoms. The maximum Gasteiger partial charge on any atom is 0.312 e. The normalized spacial score (nSPS) is 13.4. The standard InChI is InChI=1S/C14H19NO2/c1-3-4-10-13(14(16)17)11(2)15-12-8-6-5-7-9-12/h5-9,13H,3-4,10H2,1-2H3,(H,16,17)/b15-11-. The molecule has 0 heterocycles. The van der Waals surface area contributed by atoms with E-state index in [9.17, 15) is 4.79 Å². The van der Waals surface area contributed by atoms with Crippen molar-refractivity contribution < 1.29 is 9.90 Å². The van der Waals surface area contributed by atoms with Crippen LogP contribution in [0.4, 0.5) is 5.69 Å². The third-order valence-electron chi connectivity index (χ3n) is 2.71. The fraction of sp³-hybridized carbons (Fsp3) is 0.429. The Bertz CT molecular complexity index is 384. The van der Waals surface area contributed by atoms with Gasteiger partial charge < -0.3 is 5.11 Å². The molecule has 92 valence electrons. The highest BCUT2D eigenvalue weighted by atomic mass is 16.4. The number of hydrogen-bond donors (Lipinski definition) is 1. The zero-order valence-corrected chi connectivity index (χ0v) is 10.4. The molecule has 0 radical (unpaired) electrons. The van der Waals surface area contributed by atoms with E-state index >= 15 is 0 Å². The predicted octanol–water partition coefficient (Wildman–Crippen LogP) is 3.67. The number of carboxylic acids is 1. The number of benzene rings is 1. The number of carbonyl (C=O) groups is 1. The lowest BCUT2D eigenvalue weighted by molar-refractivity contribution is -0.139. The molecular weight excluding hydrogens is 214 g/mol. The van der Waals surface area contributed by atoms with Crippen LogP contribution in [0.1, 0.15) is 33.1 Å². The summed E-state index contributed by atoms with van der Waals surface area (Å²) in [4.78, 5) is 15.5. The van der Waals surface area contributed by atoms with Crippen LogP contribution in [-0.2, 0) is 4.79 Å². The quantitative estimate of drug-likeness (QED) is 0.762. The van der Waals surface area contributed by atoms with E-state index < -0.39 is 11.9 Å². The summed E-state index contributed by atoms with van der Waals surface area (Å²) >= 11 is 0. The van der Waals surface area contributed by atoms with E-state index in [0.29, 0.717) is 12.1 Å². The number of para-hydroxylation sites is 1. The Morgan fingerprint density at radius 3 is 2.53 bits per heavy atom. The molecule has 0 spiro atoms. The molecule has 1 aromatic rings. The molecule has 1 rings (SSSR count). The summed E-state index contributed by atoms with van der Waals surface area (Å²) in [6.45, 7) is 3.85. The first-order chi connectivity index (χ1) is 8.15. The molecule has 17 heavy (non-hydrogen) atoms. The van der Waals surface area contributed by atoms with Gasteiger partial charge in [0.15, 0.2) is 0 Å². The smallest absolute Gasteiger partial charge is 0.312 e. The molecule has 0 saturated heterocycles. The van der Waals surface area contributed by atoms with Crippen LogP contribution in [0.25, 0.3) is 0 Å². The second-order valence-electron chi connectivity index (χ2n) is 4.12. The number of hydrogen-bond acceptors (Lipinski definition) is 2. The summed E-state index contributed by atoms with van der Waals surface area (Å²) in [5, 5.41) is 9.17. The van der Waals surface area contributed by atoms with Crippen LogP contribution in [-0.4, -0.2) is 16.8 Å². The highest BCUT2D eigenvalue weighted by molar-refractivity contribution is 6.01. The van der Waals surface area contributed by atoms with Crippen LogP contribution in [0.2, 0.25) is 0 Å². The van der Waals surface area contributed by atoms with Crippen molar-refractivity contribution in [1.82, 2.24) is 0 Å². The summed E-state index contributed by atoms with van der Waals surface area (Å²) in [5.74, 6) is -1.24. The van der Waals surface area contributed by atoms with Gasteiger partial charge in [-0.05, 0) is 25.5 Å². The average Bonchev–Trinajstić information content (AvgIpc) is 2.30. The second-order valence-corrected chi connectivity index (χ2v) is 4.12. The van der Waals surface area contributed by atoms with Gasteiger partial charge in [-0.15, -0.1) is 0 Å². The molecule has 0 amide bonds. The zero-order valence-electron chi connectivity index (χ0n) is 10.4. The van der Waals surface area contributed by atoms with Crippen molar-refractivity contribution in [2.75, 3.05) is 0 Å². The van der Waals surface area contributed by atoms with E-state index in [1.807, 2.05) is 30.3 Å². The molecule has 0 aliphatic carbocycles. The second kappa shape index (κ2) is 6.84. The summed E-state index contributed by atoms with van der Waals surface area (Å²) in [5.41, 5.74) is 1.49. The molecule has 1 N–H and O–H groups in total. The van der Waals surface area contributed by atoms with Gasteiger partial charge in [0.2, 0.25) is 0 Å². The van der Waals surface area contributed by atoms with E-state index in [-0.39, 0.29) is 0 Å². The number of aliphatic carboxylic acids is 1. The first-order valence-corrected chi connectivity index (χ1v) is 5.98. The molecule has 0 aliphatic rings. The van der Waals surface area contributed by atoms with Gasteiger partial charge in [0.1, 0.15) is 0 Å². The van der Waals surface area contributed by atoms with E-state index in [2.05, 4.69) is 11.9 Å². The molecule has 0 fully saturated rings. The molecule has 0 bridgehead atoms. The molecule has 0 aliphatic heterocycles. The number of nitrogens with zero attached hydrogens (tertiary/aromatic N) is 1. The summed E-state index contributed by atoms with van der Waals surface area (Å²) in [7, 11) is 0. The molecule has 1 aromatic carbocycles. The molecule has 0 saturated carbocycles. The summed E-state index contributed by atoms with van der Waals surface area (Å²) in [6.07, 6.45) is 2.58. The molecule has 1 atom stereocenters. The van der Waals surface area contributed by atoms with Gasteiger partial charge >= 0.3 is 5.97 Å². The Labute approximate surface area is 102 Å². The average molecular weight is 233 g/mol. The number of carboxylic acid groups (broad SMARTS) is 1.